The van der Waals surface area contributed by atoms with Gasteiger partial charge >= 0.3 is 5.97 Å². The van der Waals surface area contributed by atoms with Crippen molar-refractivity contribution < 1.29 is 27.4 Å². The maximum absolute atomic E-state index is 13.1. The maximum atomic E-state index is 13.1. The maximum Gasteiger partial charge on any atom is 0.326 e. The highest BCUT2D eigenvalue weighted by Crippen LogP contribution is 2.32. The minimum Gasteiger partial charge on any atom is -0.493 e. The number of benzene rings is 2. The number of hydrogen-bond acceptors (Lipinski definition) is 6. The van der Waals surface area contributed by atoms with Gasteiger partial charge in [-0.05, 0) is 36.4 Å². The van der Waals surface area contributed by atoms with Crippen LogP contribution in [0.15, 0.2) is 51.8 Å². The summed E-state index contributed by atoms with van der Waals surface area (Å²) >= 11 is 3.30. The standard InChI is InChI=1S/C17H18BrNO6S/c1-23-15-9-8-14(10-16(15)24-2)26(21,22)19(11-17(20)25-3)13-6-4-12(18)5-7-13/h4-10H,11H2,1-3H3. The summed E-state index contributed by atoms with van der Waals surface area (Å²) in [6, 6.07) is 10.8. The van der Waals surface area contributed by atoms with Crippen molar-refractivity contribution >= 4 is 37.6 Å². The van der Waals surface area contributed by atoms with Crippen molar-refractivity contribution in [2.75, 3.05) is 32.2 Å². The number of esters is 1. The van der Waals surface area contributed by atoms with Gasteiger partial charge in [0.1, 0.15) is 6.54 Å². The van der Waals surface area contributed by atoms with Gasteiger partial charge in [-0.1, -0.05) is 15.9 Å². The van der Waals surface area contributed by atoms with Crippen LogP contribution in [0.5, 0.6) is 11.5 Å². The Bertz CT molecular complexity index is 883. The average Bonchev–Trinajstić information content (AvgIpc) is 2.65. The monoisotopic (exact) mass is 443 g/mol. The largest absolute Gasteiger partial charge is 0.493 e. The van der Waals surface area contributed by atoms with Gasteiger partial charge in [-0.2, -0.15) is 0 Å². The first-order valence-corrected chi connectivity index (χ1v) is 9.64. The summed E-state index contributed by atoms with van der Waals surface area (Å²) in [7, 11) is 0.0191. The Labute approximate surface area is 160 Å². The summed E-state index contributed by atoms with van der Waals surface area (Å²) in [5.74, 6) is -0.0195. The van der Waals surface area contributed by atoms with Gasteiger partial charge in [-0.15, -0.1) is 0 Å². The van der Waals surface area contributed by atoms with Crippen LogP contribution in [0.2, 0.25) is 0 Å². The van der Waals surface area contributed by atoms with E-state index in [9.17, 15) is 13.2 Å². The first-order valence-electron chi connectivity index (χ1n) is 7.40. The molecule has 26 heavy (non-hydrogen) atoms. The van der Waals surface area contributed by atoms with Crippen molar-refractivity contribution in [3.63, 3.8) is 0 Å². The number of rotatable bonds is 7. The van der Waals surface area contributed by atoms with E-state index >= 15 is 0 Å². The van der Waals surface area contributed by atoms with Crippen LogP contribution in [-0.4, -0.2) is 42.3 Å². The SMILES string of the molecule is COC(=O)CN(c1ccc(Br)cc1)S(=O)(=O)c1ccc(OC)c(OC)c1. The molecule has 0 aliphatic heterocycles. The predicted molar refractivity (Wildman–Crippen MR) is 100 cm³/mol. The second-order valence-electron chi connectivity index (χ2n) is 5.08. The number of sulfonamides is 1. The number of carbonyl (C=O) groups excluding carboxylic acids is 1. The molecular formula is C17H18BrNO6S. The number of nitrogens with zero attached hydrogens (tertiary/aromatic N) is 1. The second kappa shape index (κ2) is 8.41. The summed E-state index contributed by atoms with van der Waals surface area (Å²) in [5.41, 5.74) is 0.327. The van der Waals surface area contributed by atoms with E-state index in [1.165, 1.54) is 39.5 Å². The highest BCUT2D eigenvalue weighted by Gasteiger charge is 2.28. The van der Waals surface area contributed by atoms with Gasteiger partial charge in [0.25, 0.3) is 10.0 Å². The third-order valence-electron chi connectivity index (χ3n) is 3.56. The molecule has 0 bridgehead atoms. The molecule has 2 aromatic carbocycles. The van der Waals surface area contributed by atoms with Crippen molar-refractivity contribution in [1.82, 2.24) is 0 Å². The molecular weight excluding hydrogens is 426 g/mol. The molecule has 140 valence electrons. The zero-order valence-electron chi connectivity index (χ0n) is 14.4. The first-order chi connectivity index (χ1) is 12.3. The van der Waals surface area contributed by atoms with Crippen molar-refractivity contribution in [3.05, 3.63) is 46.9 Å². The van der Waals surface area contributed by atoms with E-state index in [1.807, 2.05) is 0 Å². The van der Waals surface area contributed by atoms with Crippen LogP contribution in [0, 0.1) is 0 Å². The van der Waals surface area contributed by atoms with Crippen molar-refractivity contribution in [2.45, 2.75) is 4.90 Å². The lowest BCUT2D eigenvalue weighted by molar-refractivity contribution is -0.138. The molecule has 0 amide bonds. The lowest BCUT2D eigenvalue weighted by Gasteiger charge is -2.24. The lowest BCUT2D eigenvalue weighted by atomic mass is 10.3. The topological polar surface area (TPSA) is 82.1 Å². The Kier molecular flexibility index (Phi) is 6.49. The molecule has 0 N–H and O–H groups in total. The van der Waals surface area contributed by atoms with Crippen LogP contribution in [-0.2, 0) is 19.6 Å². The summed E-state index contributed by atoms with van der Waals surface area (Å²) < 4.78 is 43.0. The summed E-state index contributed by atoms with van der Waals surface area (Å²) in [6.07, 6.45) is 0. The molecule has 0 heterocycles. The van der Waals surface area contributed by atoms with E-state index in [0.717, 1.165) is 8.78 Å². The van der Waals surface area contributed by atoms with Gasteiger partial charge in [0.2, 0.25) is 0 Å². The van der Waals surface area contributed by atoms with E-state index in [4.69, 9.17) is 9.47 Å². The predicted octanol–water partition coefficient (Wildman–Crippen LogP) is 2.83. The number of anilines is 1. The lowest BCUT2D eigenvalue weighted by Crippen LogP contribution is -2.36. The van der Waals surface area contributed by atoms with E-state index in [2.05, 4.69) is 20.7 Å². The molecule has 0 aliphatic carbocycles. The molecule has 2 aromatic rings. The zero-order chi connectivity index (χ0) is 19.3. The molecule has 0 saturated carbocycles. The summed E-state index contributed by atoms with van der Waals surface area (Å²) in [4.78, 5) is 11.7. The fourth-order valence-electron chi connectivity index (χ4n) is 2.21. The molecule has 0 aliphatic rings. The Morgan fingerprint density at radius 1 is 1.00 bits per heavy atom. The molecule has 0 spiro atoms. The van der Waals surface area contributed by atoms with Crippen LogP contribution >= 0.6 is 15.9 Å². The Morgan fingerprint density at radius 3 is 2.15 bits per heavy atom. The zero-order valence-corrected chi connectivity index (χ0v) is 16.8. The van der Waals surface area contributed by atoms with Crippen LogP contribution in [0.1, 0.15) is 0 Å². The number of carbonyl (C=O) groups is 1. The highest BCUT2D eigenvalue weighted by atomic mass is 79.9. The quantitative estimate of drug-likeness (QED) is 0.611. The van der Waals surface area contributed by atoms with E-state index < -0.39 is 22.5 Å². The smallest absolute Gasteiger partial charge is 0.326 e. The Balaban J connectivity index is 2.54. The van der Waals surface area contributed by atoms with E-state index in [1.54, 1.807) is 24.3 Å². The van der Waals surface area contributed by atoms with E-state index in [-0.39, 0.29) is 10.6 Å². The normalized spacial score (nSPS) is 10.9. The number of hydrogen-bond donors (Lipinski definition) is 0. The number of methoxy groups -OCH3 is 3. The molecule has 0 atom stereocenters. The third-order valence-corrected chi connectivity index (χ3v) is 5.86. The summed E-state index contributed by atoms with van der Waals surface area (Å²) in [5, 5.41) is 0. The molecule has 0 aromatic heterocycles. The molecule has 7 nitrogen and oxygen atoms in total. The van der Waals surface area contributed by atoms with Crippen LogP contribution in [0.3, 0.4) is 0 Å². The van der Waals surface area contributed by atoms with Gasteiger partial charge in [0, 0.05) is 10.5 Å². The van der Waals surface area contributed by atoms with Gasteiger partial charge in [0.05, 0.1) is 31.9 Å². The van der Waals surface area contributed by atoms with Gasteiger partial charge < -0.3 is 14.2 Å². The minimum atomic E-state index is -4.05. The molecule has 2 rings (SSSR count). The fourth-order valence-corrected chi connectivity index (χ4v) is 3.90. The highest BCUT2D eigenvalue weighted by molar-refractivity contribution is 9.10. The summed E-state index contributed by atoms with van der Waals surface area (Å²) in [6.45, 7) is -0.463. The molecule has 0 unspecified atom stereocenters. The third kappa shape index (κ3) is 4.28. The van der Waals surface area contributed by atoms with Crippen LogP contribution in [0.4, 0.5) is 5.69 Å². The molecule has 9 heteroatoms. The van der Waals surface area contributed by atoms with Crippen molar-refractivity contribution in [1.29, 1.82) is 0 Å². The molecule has 0 saturated heterocycles. The van der Waals surface area contributed by atoms with Crippen LogP contribution in [0.25, 0.3) is 0 Å². The Morgan fingerprint density at radius 2 is 1.62 bits per heavy atom. The van der Waals surface area contributed by atoms with Gasteiger partial charge in [0.15, 0.2) is 11.5 Å². The average molecular weight is 444 g/mol. The van der Waals surface area contributed by atoms with Gasteiger partial charge in [-0.25, -0.2) is 8.42 Å². The van der Waals surface area contributed by atoms with Crippen molar-refractivity contribution in [2.24, 2.45) is 0 Å². The number of ether oxygens (including phenoxy) is 3. The van der Waals surface area contributed by atoms with Crippen molar-refractivity contribution in [3.8, 4) is 11.5 Å². The second-order valence-corrected chi connectivity index (χ2v) is 7.86. The fraction of sp³-hybridized carbons (Fsp3) is 0.235. The first kappa shape index (κ1) is 20.1. The van der Waals surface area contributed by atoms with E-state index in [0.29, 0.717) is 11.4 Å². The minimum absolute atomic E-state index is 0.0398. The molecule has 0 radical (unpaired) electrons. The molecule has 0 fully saturated rings. The number of halogens is 1. The Hall–Kier alpha value is -2.26. The van der Waals surface area contributed by atoms with Gasteiger partial charge in [-0.3, -0.25) is 9.10 Å². The van der Waals surface area contributed by atoms with Crippen LogP contribution < -0.4 is 13.8 Å².